The van der Waals surface area contributed by atoms with Gasteiger partial charge in [-0.05, 0) is 18.3 Å². The molecule has 0 amide bonds. The quantitative estimate of drug-likeness (QED) is 0.789. The van der Waals surface area contributed by atoms with Gasteiger partial charge in [0.05, 0.1) is 12.4 Å². The van der Waals surface area contributed by atoms with Gasteiger partial charge in [-0.25, -0.2) is 8.78 Å². The van der Waals surface area contributed by atoms with Gasteiger partial charge in [0.1, 0.15) is 11.6 Å². The summed E-state index contributed by atoms with van der Waals surface area (Å²) in [5.74, 6) is -0.605. The molecule has 4 heteroatoms. The molecule has 76 valence electrons. The lowest BCUT2D eigenvalue weighted by molar-refractivity contribution is 0.487. The van der Waals surface area contributed by atoms with E-state index in [0.717, 1.165) is 18.8 Å². The number of rotatable bonds is 2. The third-order valence-electron chi connectivity index (χ3n) is 2.86. The van der Waals surface area contributed by atoms with Gasteiger partial charge < -0.3 is 5.73 Å². The number of nitrogens with zero attached hydrogens (tertiary/aromatic N) is 1. The molecule has 2 rings (SSSR count). The average Bonchev–Trinajstić information content (AvgIpc) is 2.82. The number of halogens is 2. The minimum absolute atomic E-state index is 0.0191. The molecule has 1 aromatic heterocycles. The predicted molar refractivity (Wildman–Crippen MR) is 48.4 cm³/mol. The highest BCUT2D eigenvalue weighted by atomic mass is 19.1. The second-order valence-corrected chi connectivity index (χ2v) is 3.92. The van der Waals surface area contributed by atoms with E-state index in [0.29, 0.717) is 5.92 Å². The molecular weight excluding hydrogens is 186 g/mol. The molecule has 14 heavy (non-hydrogen) atoms. The third kappa shape index (κ3) is 1.50. The first-order chi connectivity index (χ1) is 6.61. The molecule has 0 aliphatic heterocycles. The summed E-state index contributed by atoms with van der Waals surface area (Å²) in [6, 6.07) is -0.534. The van der Waals surface area contributed by atoms with Crippen LogP contribution < -0.4 is 5.73 Å². The molecular formula is C10H12F2N2. The standard InChI is InChI=1S/C10H12F2N2/c1-5-2-6(5)10(13)9-7(11)3-14-4-8(9)12/h3-6,10H,2,13H2,1H3. The summed E-state index contributed by atoms with van der Waals surface area (Å²) in [5.41, 5.74) is 5.77. The van der Waals surface area contributed by atoms with Gasteiger partial charge in [-0.2, -0.15) is 0 Å². The molecule has 1 fully saturated rings. The van der Waals surface area contributed by atoms with E-state index in [1.165, 1.54) is 0 Å². The van der Waals surface area contributed by atoms with Crippen LogP contribution in [-0.4, -0.2) is 4.98 Å². The van der Waals surface area contributed by atoms with Gasteiger partial charge in [0.25, 0.3) is 0 Å². The third-order valence-corrected chi connectivity index (χ3v) is 2.86. The first-order valence-corrected chi connectivity index (χ1v) is 4.65. The van der Waals surface area contributed by atoms with Crippen LogP contribution in [-0.2, 0) is 0 Å². The molecule has 0 spiro atoms. The maximum atomic E-state index is 13.2. The van der Waals surface area contributed by atoms with Gasteiger partial charge in [-0.1, -0.05) is 6.92 Å². The van der Waals surface area contributed by atoms with Crippen LogP contribution in [0.4, 0.5) is 8.78 Å². The maximum absolute atomic E-state index is 13.2. The molecule has 1 aromatic rings. The molecule has 1 aliphatic carbocycles. The van der Waals surface area contributed by atoms with Crippen molar-refractivity contribution in [3.05, 3.63) is 29.6 Å². The molecule has 3 atom stereocenters. The number of hydrogen-bond donors (Lipinski definition) is 1. The Labute approximate surface area is 81.1 Å². The highest BCUT2D eigenvalue weighted by molar-refractivity contribution is 5.21. The summed E-state index contributed by atoms with van der Waals surface area (Å²) in [6.45, 7) is 2.03. The number of pyridine rings is 1. The van der Waals surface area contributed by atoms with E-state index in [4.69, 9.17) is 5.73 Å². The number of nitrogens with two attached hydrogens (primary N) is 1. The fourth-order valence-corrected chi connectivity index (χ4v) is 1.81. The van der Waals surface area contributed by atoms with Crippen molar-refractivity contribution in [1.29, 1.82) is 0 Å². The highest BCUT2D eigenvalue weighted by Crippen LogP contribution is 2.46. The van der Waals surface area contributed by atoms with E-state index in [1.807, 2.05) is 6.92 Å². The zero-order valence-electron chi connectivity index (χ0n) is 7.87. The lowest BCUT2D eigenvalue weighted by Gasteiger charge is -2.12. The van der Waals surface area contributed by atoms with Gasteiger partial charge in [0.2, 0.25) is 0 Å². The van der Waals surface area contributed by atoms with E-state index >= 15 is 0 Å². The van der Waals surface area contributed by atoms with Crippen LogP contribution in [0, 0.1) is 23.5 Å². The monoisotopic (exact) mass is 198 g/mol. The van der Waals surface area contributed by atoms with Crippen LogP contribution in [0.1, 0.15) is 24.9 Å². The summed E-state index contributed by atoms with van der Waals surface area (Å²) in [4.78, 5) is 3.42. The Hall–Kier alpha value is -1.03. The Morgan fingerprint density at radius 1 is 1.43 bits per heavy atom. The van der Waals surface area contributed by atoms with Crippen molar-refractivity contribution in [2.45, 2.75) is 19.4 Å². The van der Waals surface area contributed by atoms with Crippen LogP contribution in [0.3, 0.4) is 0 Å². The number of aromatic nitrogens is 1. The van der Waals surface area contributed by atoms with Crippen LogP contribution >= 0.6 is 0 Å². The van der Waals surface area contributed by atoms with Crippen molar-refractivity contribution in [2.24, 2.45) is 17.6 Å². The van der Waals surface area contributed by atoms with Gasteiger partial charge in [0, 0.05) is 11.6 Å². The molecule has 0 bridgehead atoms. The first-order valence-electron chi connectivity index (χ1n) is 4.65. The van der Waals surface area contributed by atoms with Crippen LogP contribution in [0.15, 0.2) is 12.4 Å². The summed E-state index contributed by atoms with van der Waals surface area (Å²) >= 11 is 0. The highest BCUT2D eigenvalue weighted by Gasteiger charge is 2.40. The largest absolute Gasteiger partial charge is 0.324 e. The van der Waals surface area contributed by atoms with Gasteiger partial charge in [-0.3, -0.25) is 4.98 Å². The van der Waals surface area contributed by atoms with E-state index in [9.17, 15) is 8.78 Å². The molecule has 2 N–H and O–H groups in total. The van der Waals surface area contributed by atoms with Gasteiger partial charge >= 0.3 is 0 Å². The topological polar surface area (TPSA) is 38.9 Å². The van der Waals surface area contributed by atoms with Gasteiger partial charge in [0.15, 0.2) is 0 Å². The van der Waals surface area contributed by atoms with Crippen molar-refractivity contribution in [3.63, 3.8) is 0 Å². The Bertz CT molecular complexity index is 334. The Morgan fingerprint density at radius 3 is 2.36 bits per heavy atom. The smallest absolute Gasteiger partial charge is 0.149 e. The van der Waals surface area contributed by atoms with Crippen LogP contribution in [0.5, 0.6) is 0 Å². The maximum Gasteiger partial charge on any atom is 0.149 e. The molecule has 1 aliphatic rings. The minimum Gasteiger partial charge on any atom is -0.324 e. The second kappa shape index (κ2) is 3.28. The SMILES string of the molecule is CC1CC1C(N)c1c(F)cncc1F. The molecule has 0 aromatic carbocycles. The number of hydrogen-bond acceptors (Lipinski definition) is 2. The Balaban J connectivity index is 2.31. The first kappa shape index (κ1) is 9.52. The zero-order chi connectivity index (χ0) is 10.3. The van der Waals surface area contributed by atoms with Gasteiger partial charge in [-0.15, -0.1) is 0 Å². The molecule has 0 saturated heterocycles. The van der Waals surface area contributed by atoms with E-state index in [2.05, 4.69) is 4.98 Å². The van der Waals surface area contributed by atoms with Crippen molar-refractivity contribution in [2.75, 3.05) is 0 Å². The van der Waals surface area contributed by atoms with Crippen LogP contribution in [0.2, 0.25) is 0 Å². The van der Waals surface area contributed by atoms with Crippen molar-refractivity contribution >= 4 is 0 Å². The summed E-state index contributed by atoms with van der Waals surface area (Å²) in [5, 5.41) is 0. The average molecular weight is 198 g/mol. The van der Waals surface area contributed by atoms with Crippen molar-refractivity contribution < 1.29 is 8.78 Å². The molecule has 1 heterocycles. The molecule has 3 unspecified atom stereocenters. The van der Waals surface area contributed by atoms with E-state index < -0.39 is 17.7 Å². The second-order valence-electron chi connectivity index (χ2n) is 3.92. The zero-order valence-corrected chi connectivity index (χ0v) is 7.87. The lowest BCUT2D eigenvalue weighted by atomic mass is 10.0. The fraction of sp³-hybridized carbons (Fsp3) is 0.500. The van der Waals surface area contributed by atoms with Crippen molar-refractivity contribution in [1.82, 2.24) is 4.98 Å². The normalized spacial score (nSPS) is 27.4. The summed E-state index contributed by atoms with van der Waals surface area (Å²) < 4.78 is 26.5. The van der Waals surface area contributed by atoms with E-state index in [1.54, 1.807) is 0 Å². The Kier molecular flexibility index (Phi) is 2.23. The fourth-order valence-electron chi connectivity index (χ4n) is 1.81. The molecule has 2 nitrogen and oxygen atoms in total. The minimum atomic E-state index is -0.642. The van der Waals surface area contributed by atoms with E-state index in [-0.39, 0.29) is 11.5 Å². The summed E-state index contributed by atoms with van der Waals surface area (Å²) in [7, 11) is 0. The summed E-state index contributed by atoms with van der Waals surface area (Å²) in [6.07, 6.45) is 2.96. The molecule has 0 radical (unpaired) electrons. The lowest BCUT2D eigenvalue weighted by Crippen LogP contribution is -2.17. The molecule has 1 saturated carbocycles. The van der Waals surface area contributed by atoms with Crippen LogP contribution in [0.25, 0.3) is 0 Å². The Morgan fingerprint density at radius 2 is 1.93 bits per heavy atom. The predicted octanol–water partition coefficient (Wildman–Crippen LogP) is 2.02. The van der Waals surface area contributed by atoms with Crippen molar-refractivity contribution in [3.8, 4) is 0 Å².